The summed E-state index contributed by atoms with van der Waals surface area (Å²) < 4.78 is 37.5. The fraction of sp³-hybridized carbons (Fsp3) is 0.273. The van der Waals surface area contributed by atoms with E-state index in [0.29, 0.717) is 120 Å². The Balaban J connectivity index is 0.000000192. The van der Waals surface area contributed by atoms with Crippen LogP contribution in [0.5, 0.6) is 0 Å². The fourth-order valence-electron chi connectivity index (χ4n) is 8.83. The van der Waals surface area contributed by atoms with Crippen LogP contribution in [0.4, 0.5) is 5.88 Å². The number of carbonyl (C=O) groups is 3. The van der Waals surface area contributed by atoms with Crippen molar-refractivity contribution >= 4 is 74.5 Å². The summed E-state index contributed by atoms with van der Waals surface area (Å²) in [5, 5.41) is 68.8. The van der Waals surface area contributed by atoms with Crippen LogP contribution in [0.25, 0.3) is 50.9 Å². The largest absolute Gasteiger partial charge is 0.459 e. The van der Waals surface area contributed by atoms with Crippen molar-refractivity contribution in [3.8, 4) is 18.2 Å². The zero-order valence-corrected chi connectivity index (χ0v) is 48.9. The molecule has 89 heavy (non-hydrogen) atoms. The maximum absolute atomic E-state index is 12.4. The van der Waals surface area contributed by atoms with E-state index in [4.69, 9.17) is 47.5 Å². The first kappa shape index (κ1) is 66.3. The van der Waals surface area contributed by atoms with Crippen LogP contribution in [0.1, 0.15) is 45.5 Å². The molecule has 23 nitrogen and oxygen atoms in total. The van der Waals surface area contributed by atoms with Crippen LogP contribution in [-0.4, -0.2) is 134 Å². The summed E-state index contributed by atoms with van der Waals surface area (Å²) >= 11 is 0. The third kappa shape index (κ3) is 21.3. The van der Waals surface area contributed by atoms with Crippen LogP contribution >= 0.6 is 0 Å². The molecule has 10 N–H and O–H groups in total. The Hall–Kier alpha value is -10.3. The Morgan fingerprint density at radius 2 is 0.831 bits per heavy atom. The molecule has 0 bridgehead atoms. The zero-order valence-electron chi connectivity index (χ0n) is 48.9. The minimum atomic E-state index is -0.454. The van der Waals surface area contributed by atoms with Gasteiger partial charge in [0.05, 0.1) is 59.5 Å². The number of aromatic nitrogens is 3. The Morgan fingerprint density at radius 3 is 1.26 bits per heavy atom. The fourth-order valence-corrected chi connectivity index (χ4v) is 8.83. The quantitative estimate of drug-likeness (QED) is 0.0111. The molecule has 0 aliphatic carbocycles. The highest BCUT2D eigenvalue weighted by atomic mass is 16.5. The molecule has 0 saturated heterocycles. The number of aliphatic hydroxyl groups excluding tert-OH is 3. The van der Waals surface area contributed by atoms with E-state index in [0.717, 1.165) is 49.4 Å². The minimum absolute atomic E-state index is 0.00419. The number of nitrogens with zero attached hydrogens (tertiary/aromatic N) is 3. The lowest BCUT2D eigenvalue weighted by Gasteiger charge is -2.05. The molecular weight excluding hydrogens is 1140 g/mol. The maximum Gasteiger partial charge on any atom is 0.262 e. The van der Waals surface area contributed by atoms with E-state index in [1.165, 1.54) is 18.2 Å². The highest BCUT2D eigenvalue weighted by Gasteiger charge is 2.15. The zero-order chi connectivity index (χ0) is 62.8. The molecule has 6 heterocycles. The lowest BCUT2D eigenvalue weighted by molar-refractivity contribution is -0.117. The number of anilines is 1. The summed E-state index contributed by atoms with van der Waals surface area (Å²) in [5.41, 5.74) is 6.38. The molecule has 462 valence electrons. The SMILES string of the molecule is N#C/C(=C\c1ccc(CO)o1)C(=O)NCCc1c[nH]c2ccccc12.N#C/C(=C\c1ccc(COCCOCCOCCO)o1)C(=O)NCCc1c[nH]c2ccccc12.N#C/C(=C\c1ccc(NCCOCCO)o1)C(=O)NCCc1c[nH]c2ccccc12. The van der Waals surface area contributed by atoms with Gasteiger partial charge in [-0.3, -0.25) is 14.4 Å². The van der Waals surface area contributed by atoms with Crippen LogP contribution in [-0.2, 0) is 65.8 Å². The van der Waals surface area contributed by atoms with Crippen LogP contribution in [0, 0.1) is 34.0 Å². The standard InChI is InChI=1S/C25H29N3O6.C22H24N4O4.C19H17N3O3/c26-16-20(25(30)27-8-7-19-17-28-24-4-2-1-3-23(19)24)15-21-5-6-22(34-21)18-33-14-13-32-12-11-31-10-9-29;23-14-17(13-18-5-6-21(30-18)24-9-11-29-12-10-27)22(28)25-8-7-16-15-26-20-4-2-1-3-19(16)20;20-10-14(9-15-5-6-16(12-23)25-15)19(24)21-8-7-13-11-22-18-4-2-1-3-17(13)18/h1-6,15,17,28-29H,7-14,18H2,(H,27,30);1-6,13,15,24,26-27H,7-12H2,(H,25,28);1-6,9,11,22-23H,7-8,12H2,(H,21,24)/b20-15+;17-13+;14-9+. The second-order valence-corrected chi connectivity index (χ2v) is 19.3. The number of nitrogens with one attached hydrogen (secondary N) is 7. The number of hydrogen-bond donors (Lipinski definition) is 10. The van der Waals surface area contributed by atoms with Gasteiger partial charge in [0.1, 0.15) is 76.9 Å². The van der Waals surface area contributed by atoms with Crippen molar-refractivity contribution in [2.75, 3.05) is 91.0 Å². The normalized spacial score (nSPS) is 11.5. The molecule has 3 aromatic carbocycles. The molecule has 3 amide bonds. The molecule has 6 aromatic heterocycles. The molecule has 0 fully saturated rings. The van der Waals surface area contributed by atoms with E-state index in [2.05, 4.69) is 36.2 Å². The lowest BCUT2D eigenvalue weighted by Crippen LogP contribution is -2.26. The lowest BCUT2D eigenvalue weighted by atomic mass is 10.1. The summed E-state index contributed by atoms with van der Waals surface area (Å²) in [5.74, 6) is 1.27. The van der Waals surface area contributed by atoms with Crippen molar-refractivity contribution in [1.29, 1.82) is 15.8 Å². The molecule has 0 spiro atoms. The van der Waals surface area contributed by atoms with Crippen molar-refractivity contribution in [1.82, 2.24) is 30.9 Å². The van der Waals surface area contributed by atoms with Gasteiger partial charge in [-0.05, 0) is 84.5 Å². The maximum atomic E-state index is 12.4. The summed E-state index contributed by atoms with van der Waals surface area (Å²) in [6.07, 6.45) is 11.9. The number of furan rings is 3. The first-order chi connectivity index (χ1) is 43.6. The van der Waals surface area contributed by atoms with Crippen LogP contribution < -0.4 is 21.3 Å². The monoisotopic (exact) mass is 1210 g/mol. The van der Waals surface area contributed by atoms with Gasteiger partial charge in [0.25, 0.3) is 17.7 Å². The Kier molecular flexibility index (Phi) is 27.3. The van der Waals surface area contributed by atoms with Crippen molar-refractivity contribution in [2.24, 2.45) is 0 Å². The molecule has 0 aliphatic heterocycles. The van der Waals surface area contributed by atoms with E-state index < -0.39 is 17.7 Å². The predicted molar refractivity (Wildman–Crippen MR) is 333 cm³/mol. The number of ether oxygens (including phenoxy) is 4. The van der Waals surface area contributed by atoms with Crippen LogP contribution in [0.15, 0.2) is 158 Å². The molecule has 0 aliphatic rings. The van der Waals surface area contributed by atoms with Crippen molar-refractivity contribution in [3.05, 3.63) is 190 Å². The highest BCUT2D eigenvalue weighted by molar-refractivity contribution is 6.02. The van der Waals surface area contributed by atoms with Crippen molar-refractivity contribution in [3.63, 3.8) is 0 Å². The Bertz CT molecular complexity index is 3910. The molecular formula is C66H70N10O13. The van der Waals surface area contributed by atoms with Gasteiger partial charge in [-0.1, -0.05) is 54.6 Å². The third-order valence-corrected chi connectivity index (χ3v) is 13.2. The molecule has 0 atom stereocenters. The molecule has 0 saturated carbocycles. The van der Waals surface area contributed by atoms with Crippen LogP contribution in [0.2, 0.25) is 0 Å². The summed E-state index contributed by atoms with van der Waals surface area (Å²) in [7, 11) is 0. The predicted octanol–water partition coefficient (Wildman–Crippen LogP) is 7.54. The number of hydrogen-bond acceptors (Lipinski definition) is 17. The van der Waals surface area contributed by atoms with Gasteiger partial charge in [-0.2, -0.15) is 15.8 Å². The number of rotatable bonds is 32. The average Bonchev–Trinajstić information content (AvgIpc) is 2.79. The second-order valence-electron chi connectivity index (χ2n) is 19.3. The van der Waals surface area contributed by atoms with Gasteiger partial charge in [0.15, 0.2) is 5.88 Å². The van der Waals surface area contributed by atoms with E-state index in [1.54, 1.807) is 36.4 Å². The summed E-state index contributed by atoms with van der Waals surface area (Å²) in [6.45, 7) is 4.41. The minimum Gasteiger partial charge on any atom is -0.459 e. The number of nitriles is 3. The molecule has 0 radical (unpaired) electrons. The molecule has 9 rings (SSSR count). The van der Waals surface area contributed by atoms with Gasteiger partial charge in [0.2, 0.25) is 0 Å². The number of benzene rings is 3. The third-order valence-electron chi connectivity index (χ3n) is 13.2. The number of aliphatic hydroxyl groups is 3. The number of aromatic amines is 3. The van der Waals surface area contributed by atoms with E-state index in [1.807, 2.05) is 110 Å². The van der Waals surface area contributed by atoms with Crippen molar-refractivity contribution in [2.45, 2.75) is 32.5 Å². The first-order valence-corrected chi connectivity index (χ1v) is 28.6. The number of para-hydroxylation sites is 3. The van der Waals surface area contributed by atoms with Gasteiger partial charge in [0, 0.05) is 102 Å². The molecule has 23 heteroatoms. The van der Waals surface area contributed by atoms with Crippen LogP contribution in [0.3, 0.4) is 0 Å². The van der Waals surface area contributed by atoms with Gasteiger partial charge < -0.3 is 83.7 Å². The summed E-state index contributed by atoms with van der Waals surface area (Å²) in [4.78, 5) is 46.5. The molecule has 9 aromatic rings. The highest BCUT2D eigenvalue weighted by Crippen LogP contribution is 2.22. The van der Waals surface area contributed by atoms with Gasteiger partial charge in [-0.25, -0.2) is 0 Å². The van der Waals surface area contributed by atoms with Crippen molar-refractivity contribution < 1.29 is 61.9 Å². The molecule has 0 unspecified atom stereocenters. The van der Waals surface area contributed by atoms with Gasteiger partial charge >= 0.3 is 0 Å². The smallest absolute Gasteiger partial charge is 0.262 e. The number of amides is 3. The number of carbonyl (C=O) groups excluding carboxylic acids is 3. The van der Waals surface area contributed by atoms with Gasteiger partial charge in [-0.15, -0.1) is 0 Å². The van der Waals surface area contributed by atoms with E-state index in [9.17, 15) is 30.2 Å². The second kappa shape index (κ2) is 36.7. The topological polar surface area (TPSA) is 355 Å². The number of fused-ring (bicyclic) bond motifs is 3. The Labute approximate surface area is 512 Å². The Morgan fingerprint density at radius 1 is 0.449 bits per heavy atom. The number of H-pyrrole nitrogens is 3. The average molecular weight is 1210 g/mol. The van der Waals surface area contributed by atoms with E-state index in [-0.39, 0.29) is 49.8 Å². The first-order valence-electron chi connectivity index (χ1n) is 28.6. The summed E-state index contributed by atoms with van der Waals surface area (Å²) in [6, 6.07) is 39.6. The van der Waals surface area contributed by atoms with E-state index >= 15 is 0 Å².